The number of nitro benzene ring substituents is 1. The second kappa shape index (κ2) is 6.84. The van der Waals surface area contributed by atoms with E-state index < -0.39 is 10.9 Å². The molecule has 7 nitrogen and oxygen atoms in total. The molecule has 0 fully saturated rings. The van der Waals surface area contributed by atoms with Crippen LogP contribution in [0.15, 0.2) is 36.5 Å². The number of nitrogens with zero attached hydrogens (tertiary/aromatic N) is 3. The van der Waals surface area contributed by atoms with Crippen molar-refractivity contribution in [1.29, 1.82) is 0 Å². The highest BCUT2D eigenvalue weighted by Crippen LogP contribution is 2.18. The molecule has 0 bridgehead atoms. The summed E-state index contributed by atoms with van der Waals surface area (Å²) < 4.78 is 6.79. The van der Waals surface area contributed by atoms with Crippen LogP contribution in [0.2, 0.25) is 0 Å². The number of rotatable bonds is 6. The van der Waals surface area contributed by atoms with Crippen LogP contribution in [-0.4, -0.2) is 27.3 Å². The SMILES string of the molecule is CC(C)n1ccc(C(=O)OCCc2ccccc2[N+](=O)[O-])n1. The highest BCUT2D eigenvalue weighted by Gasteiger charge is 2.15. The summed E-state index contributed by atoms with van der Waals surface area (Å²) in [4.78, 5) is 22.3. The van der Waals surface area contributed by atoms with E-state index >= 15 is 0 Å². The Hall–Kier alpha value is -2.70. The first kappa shape index (κ1) is 15.7. The normalized spacial score (nSPS) is 10.7. The van der Waals surface area contributed by atoms with E-state index in [2.05, 4.69) is 5.10 Å². The maximum absolute atomic E-state index is 11.9. The van der Waals surface area contributed by atoms with E-state index in [9.17, 15) is 14.9 Å². The first-order valence-electron chi connectivity index (χ1n) is 6.93. The van der Waals surface area contributed by atoms with Crippen LogP contribution in [0.3, 0.4) is 0 Å². The van der Waals surface area contributed by atoms with Crippen molar-refractivity contribution in [3.63, 3.8) is 0 Å². The molecule has 2 rings (SSSR count). The van der Waals surface area contributed by atoms with Crippen LogP contribution in [0.5, 0.6) is 0 Å². The largest absolute Gasteiger partial charge is 0.461 e. The summed E-state index contributed by atoms with van der Waals surface area (Å²) >= 11 is 0. The number of nitro groups is 1. The summed E-state index contributed by atoms with van der Waals surface area (Å²) in [5, 5.41) is 15.0. The Bertz CT molecular complexity index is 679. The van der Waals surface area contributed by atoms with Gasteiger partial charge in [-0.2, -0.15) is 5.10 Å². The molecule has 22 heavy (non-hydrogen) atoms. The highest BCUT2D eigenvalue weighted by atomic mass is 16.6. The lowest BCUT2D eigenvalue weighted by atomic mass is 10.1. The molecule has 0 atom stereocenters. The van der Waals surface area contributed by atoms with Gasteiger partial charge in [0.1, 0.15) is 0 Å². The van der Waals surface area contributed by atoms with Gasteiger partial charge in [-0.25, -0.2) is 4.79 Å². The average molecular weight is 303 g/mol. The fourth-order valence-corrected chi connectivity index (χ4v) is 1.96. The monoisotopic (exact) mass is 303 g/mol. The third-order valence-electron chi connectivity index (χ3n) is 3.14. The zero-order chi connectivity index (χ0) is 16.1. The van der Waals surface area contributed by atoms with Crippen molar-refractivity contribution in [3.05, 3.63) is 57.9 Å². The molecule has 0 N–H and O–H groups in total. The minimum absolute atomic E-state index is 0.0302. The van der Waals surface area contributed by atoms with Crippen molar-refractivity contribution in [2.24, 2.45) is 0 Å². The van der Waals surface area contributed by atoms with Gasteiger partial charge in [0.2, 0.25) is 0 Å². The molecule has 1 aromatic heterocycles. The molecule has 0 aliphatic carbocycles. The topological polar surface area (TPSA) is 87.3 Å². The number of benzene rings is 1. The Morgan fingerprint density at radius 1 is 1.36 bits per heavy atom. The first-order valence-corrected chi connectivity index (χ1v) is 6.93. The Balaban J connectivity index is 1.93. The summed E-state index contributed by atoms with van der Waals surface area (Å²) in [5.74, 6) is -0.530. The van der Waals surface area contributed by atoms with Gasteiger partial charge < -0.3 is 4.74 Å². The van der Waals surface area contributed by atoms with E-state index in [-0.39, 0.29) is 30.5 Å². The van der Waals surface area contributed by atoms with Gasteiger partial charge >= 0.3 is 5.97 Å². The molecule has 0 unspecified atom stereocenters. The molecular formula is C15H17N3O4. The van der Waals surface area contributed by atoms with Gasteiger partial charge in [0.15, 0.2) is 5.69 Å². The predicted octanol–water partition coefficient (Wildman–Crippen LogP) is 2.77. The highest BCUT2D eigenvalue weighted by molar-refractivity contribution is 5.87. The second-order valence-electron chi connectivity index (χ2n) is 5.05. The van der Waals surface area contributed by atoms with Gasteiger partial charge in [-0.05, 0) is 19.9 Å². The third-order valence-corrected chi connectivity index (χ3v) is 3.14. The molecule has 0 radical (unpaired) electrons. The second-order valence-corrected chi connectivity index (χ2v) is 5.05. The van der Waals surface area contributed by atoms with E-state index in [0.29, 0.717) is 5.56 Å². The maximum atomic E-state index is 11.9. The van der Waals surface area contributed by atoms with E-state index in [1.165, 1.54) is 6.07 Å². The molecule has 2 aromatic rings. The predicted molar refractivity (Wildman–Crippen MR) is 79.7 cm³/mol. The van der Waals surface area contributed by atoms with Crippen LogP contribution >= 0.6 is 0 Å². The molecule has 0 aliphatic heterocycles. The fourth-order valence-electron chi connectivity index (χ4n) is 1.96. The summed E-state index contributed by atoms with van der Waals surface area (Å²) in [6.07, 6.45) is 2.00. The molecule has 0 aliphatic rings. The quantitative estimate of drug-likeness (QED) is 0.465. The van der Waals surface area contributed by atoms with Crippen LogP contribution in [0.1, 0.15) is 35.9 Å². The van der Waals surface area contributed by atoms with Crippen LogP contribution in [-0.2, 0) is 11.2 Å². The van der Waals surface area contributed by atoms with Crippen LogP contribution in [0.4, 0.5) is 5.69 Å². The van der Waals surface area contributed by atoms with Crippen LogP contribution in [0, 0.1) is 10.1 Å². The smallest absolute Gasteiger partial charge is 0.358 e. The Morgan fingerprint density at radius 2 is 2.09 bits per heavy atom. The van der Waals surface area contributed by atoms with Gasteiger partial charge in [0.25, 0.3) is 5.69 Å². The summed E-state index contributed by atoms with van der Waals surface area (Å²) in [6, 6.07) is 8.16. The van der Waals surface area contributed by atoms with Crippen molar-refractivity contribution >= 4 is 11.7 Å². The van der Waals surface area contributed by atoms with Crippen LogP contribution < -0.4 is 0 Å². The summed E-state index contributed by atoms with van der Waals surface area (Å²) in [7, 11) is 0. The number of aromatic nitrogens is 2. The van der Waals surface area contributed by atoms with Gasteiger partial charge in [-0.3, -0.25) is 14.8 Å². The van der Waals surface area contributed by atoms with Crippen molar-refractivity contribution in [1.82, 2.24) is 9.78 Å². The number of carbonyl (C=O) groups is 1. The number of carbonyl (C=O) groups excluding carboxylic acids is 1. The van der Waals surface area contributed by atoms with Crippen molar-refractivity contribution in [2.45, 2.75) is 26.3 Å². The number of hydrogen-bond donors (Lipinski definition) is 0. The van der Waals surface area contributed by atoms with E-state index in [4.69, 9.17) is 4.74 Å². The van der Waals surface area contributed by atoms with Crippen LogP contribution in [0.25, 0.3) is 0 Å². The lowest BCUT2D eigenvalue weighted by Crippen LogP contribution is -2.11. The van der Waals surface area contributed by atoms with Crippen molar-refractivity contribution in [2.75, 3.05) is 6.61 Å². The summed E-state index contributed by atoms with van der Waals surface area (Å²) in [5.41, 5.74) is 0.798. The number of esters is 1. The number of para-hydroxylation sites is 1. The minimum Gasteiger partial charge on any atom is -0.461 e. The van der Waals surface area contributed by atoms with Gasteiger partial charge in [-0.1, -0.05) is 18.2 Å². The zero-order valence-corrected chi connectivity index (χ0v) is 12.4. The van der Waals surface area contributed by atoms with Crippen molar-refractivity contribution < 1.29 is 14.5 Å². The fraction of sp³-hybridized carbons (Fsp3) is 0.333. The molecule has 1 heterocycles. The lowest BCUT2D eigenvalue weighted by molar-refractivity contribution is -0.385. The first-order chi connectivity index (χ1) is 10.5. The molecule has 116 valence electrons. The molecule has 1 aromatic carbocycles. The zero-order valence-electron chi connectivity index (χ0n) is 12.4. The Morgan fingerprint density at radius 3 is 2.73 bits per heavy atom. The number of hydrogen-bond acceptors (Lipinski definition) is 5. The third kappa shape index (κ3) is 3.69. The molecule has 0 spiro atoms. The molecular weight excluding hydrogens is 286 g/mol. The van der Waals surface area contributed by atoms with Gasteiger partial charge in [0, 0.05) is 30.3 Å². The summed E-state index contributed by atoms with van der Waals surface area (Å²) in [6.45, 7) is 3.98. The molecule has 0 saturated heterocycles. The van der Waals surface area contributed by atoms with E-state index in [1.807, 2.05) is 13.8 Å². The maximum Gasteiger partial charge on any atom is 0.358 e. The Labute approximate surface area is 127 Å². The standard InChI is InChI=1S/C15H17N3O4/c1-11(2)17-9-7-13(16-17)15(19)22-10-8-12-5-3-4-6-14(12)18(20)21/h3-7,9,11H,8,10H2,1-2H3. The minimum atomic E-state index is -0.530. The van der Waals surface area contributed by atoms with E-state index in [1.54, 1.807) is 35.1 Å². The Kier molecular flexibility index (Phi) is 4.88. The molecule has 0 amide bonds. The average Bonchev–Trinajstić information content (AvgIpc) is 2.97. The molecule has 7 heteroatoms. The molecule has 0 saturated carbocycles. The van der Waals surface area contributed by atoms with Crippen molar-refractivity contribution in [3.8, 4) is 0 Å². The lowest BCUT2D eigenvalue weighted by Gasteiger charge is -2.05. The van der Waals surface area contributed by atoms with E-state index in [0.717, 1.165) is 0 Å². The van der Waals surface area contributed by atoms with Gasteiger partial charge in [-0.15, -0.1) is 0 Å². The van der Waals surface area contributed by atoms with Gasteiger partial charge in [0.05, 0.1) is 11.5 Å². The number of ether oxygens (including phenoxy) is 1.